The third kappa shape index (κ3) is 3.17. The number of halogens is 4. The summed E-state index contributed by atoms with van der Waals surface area (Å²) in [5, 5.41) is 6.57. The number of hydrogen-bond acceptors (Lipinski definition) is 6. The maximum atomic E-state index is 13.2. The smallest absolute Gasteiger partial charge is 0.422 e. The fraction of sp³-hybridized carbons (Fsp3) is 0.294. The van der Waals surface area contributed by atoms with Crippen molar-refractivity contribution in [3.63, 3.8) is 0 Å². The molecule has 9 nitrogen and oxygen atoms in total. The molecule has 13 heteroatoms. The van der Waals surface area contributed by atoms with Crippen LogP contribution in [0.25, 0.3) is 28.2 Å². The second-order valence-corrected chi connectivity index (χ2v) is 6.68. The van der Waals surface area contributed by atoms with E-state index in [-0.39, 0.29) is 16.7 Å². The Hall–Kier alpha value is -3.12. The minimum atomic E-state index is -4.66. The molecule has 0 saturated heterocycles. The van der Waals surface area contributed by atoms with Gasteiger partial charge < -0.3 is 18.6 Å². The van der Waals surface area contributed by atoms with Gasteiger partial charge in [0.1, 0.15) is 21.9 Å². The summed E-state index contributed by atoms with van der Waals surface area (Å²) >= 11 is 6.23. The number of aromatic nitrogens is 7. The fourth-order valence-electron chi connectivity index (χ4n) is 3.22. The Morgan fingerprint density at radius 2 is 2.00 bits per heavy atom. The zero-order valence-electron chi connectivity index (χ0n) is 15.9. The minimum Gasteiger partial charge on any atom is -0.480 e. The Kier molecular flexibility index (Phi) is 4.90. The van der Waals surface area contributed by atoms with Gasteiger partial charge >= 0.3 is 6.18 Å². The zero-order valence-corrected chi connectivity index (χ0v) is 16.7. The van der Waals surface area contributed by atoms with Crippen LogP contribution in [0.2, 0.25) is 5.02 Å². The minimum absolute atomic E-state index is 0.0931. The Bertz CT molecular complexity index is 1200. The van der Waals surface area contributed by atoms with Crippen LogP contribution >= 0.6 is 11.6 Å². The number of H-pyrrole nitrogens is 1. The first kappa shape index (κ1) is 20.2. The largest absolute Gasteiger partial charge is 0.480 e. The molecule has 158 valence electrons. The van der Waals surface area contributed by atoms with E-state index in [1.54, 1.807) is 34.6 Å². The number of rotatable bonds is 5. The van der Waals surface area contributed by atoms with Crippen molar-refractivity contribution in [3.8, 4) is 23.1 Å². The molecule has 0 radical (unpaired) electrons. The average Bonchev–Trinajstić information content (AvgIpc) is 3.41. The third-order valence-corrected chi connectivity index (χ3v) is 4.79. The first-order chi connectivity index (χ1) is 14.3. The number of nitrogens with zero attached hydrogens (tertiary/aromatic N) is 6. The highest BCUT2D eigenvalue weighted by atomic mass is 35.5. The monoisotopic (exact) mass is 441 g/mol. The topological polar surface area (TPSA) is 95.7 Å². The van der Waals surface area contributed by atoms with Crippen molar-refractivity contribution in [1.29, 1.82) is 0 Å². The van der Waals surface area contributed by atoms with Gasteiger partial charge in [0.25, 0.3) is 0 Å². The lowest BCUT2D eigenvalue weighted by Gasteiger charge is -2.14. The van der Waals surface area contributed by atoms with Gasteiger partial charge in [0, 0.05) is 26.6 Å². The third-order valence-electron chi connectivity index (χ3n) is 4.52. The van der Waals surface area contributed by atoms with E-state index in [0.29, 0.717) is 22.4 Å². The van der Waals surface area contributed by atoms with E-state index >= 15 is 0 Å². The number of imidazole rings is 1. The predicted octanol–water partition coefficient (Wildman–Crippen LogP) is 3.46. The van der Waals surface area contributed by atoms with Crippen LogP contribution in [0.15, 0.2) is 24.8 Å². The van der Waals surface area contributed by atoms with E-state index in [4.69, 9.17) is 16.3 Å². The number of hydrogen-bond donors (Lipinski definition) is 1. The molecule has 0 saturated carbocycles. The molecule has 0 aromatic carbocycles. The Balaban J connectivity index is 1.98. The molecule has 4 heterocycles. The quantitative estimate of drug-likeness (QED) is 0.509. The maximum absolute atomic E-state index is 13.2. The second kappa shape index (κ2) is 7.29. The van der Waals surface area contributed by atoms with Gasteiger partial charge in [-0.15, -0.1) is 0 Å². The zero-order chi connectivity index (χ0) is 21.6. The molecule has 1 N–H and O–H groups in total. The number of fused-ring (bicyclic) bond motifs is 1. The van der Waals surface area contributed by atoms with Gasteiger partial charge in [-0.3, -0.25) is 5.10 Å². The standard InChI is InChI=1S/C17H15ClF3N7O2/c1-27-9-6-8(18)16(30-3)23-10(9)11(28-5-4-22-7-28)12(27)14-24-15(26-25-14)13(29-2)17(19,20)21/h4-7,13H,1-3H3,(H,24,25,26). The van der Waals surface area contributed by atoms with Gasteiger partial charge in [-0.2, -0.15) is 18.3 Å². The highest BCUT2D eigenvalue weighted by Crippen LogP contribution is 2.38. The van der Waals surface area contributed by atoms with Crippen LogP contribution < -0.4 is 4.74 Å². The summed E-state index contributed by atoms with van der Waals surface area (Å²) in [5.74, 6) is -0.238. The van der Waals surface area contributed by atoms with Crippen LogP contribution in [0, 0.1) is 0 Å². The molecule has 4 aromatic rings. The van der Waals surface area contributed by atoms with E-state index in [1.165, 1.54) is 13.4 Å². The molecular weight excluding hydrogens is 427 g/mol. The number of aryl methyl sites for hydroxylation is 1. The maximum Gasteiger partial charge on any atom is 0.422 e. The van der Waals surface area contributed by atoms with E-state index in [9.17, 15) is 13.2 Å². The van der Waals surface area contributed by atoms with Gasteiger partial charge in [0.05, 0.1) is 19.0 Å². The first-order valence-electron chi connectivity index (χ1n) is 8.49. The van der Waals surface area contributed by atoms with Crippen LogP contribution in [0.3, 0.4) is 0 Å². The van der Waals surface area contributed by atoms with Crippen molar-refractivity contribution < 1.29 is 22.6 Å². The molecule has 0 aliphatic heterocycles. The Morgan fingerprint density at radius 1 is 1.23 bits per heavy atom. The Labute approximate surface area is 172 Å². The summed E-state index contributed by atoms with van der Waals surface area (Å²) in [7, 11) is 4.09. The molecule has 0 aliphatic rings. The number of methoxy groups -OCH3 is 2. The van der Waals surface area contributed by atoms with E-state index in [0.717, 1.165) is 7.11 Å². The molecule has 30 heavy (non-hydrogen) atoms. The molecule has 4 rings (SSSR count). The number of ether oxygens (including phenoxy) is 2. The highest BCUT2D eigenvalue weighted by molar-refractivity contribution is 6.32. The molecule has 0 bridgehead atoms. The summed E-state index contributed by atoms with van der Waals surface area (Å²) in [5.41, 5.74) is 2.04. The molecule has 4 aromatic heterocycles. The number of alkyl halides is 3. The molecule has 0 aliphatic carbocycles. The molecule has 1 unspecified atom stereocenters. The highest BCUT2D eigenvalue weighted by Gasteiger charge is 2.44. The molecular formula is C17H15ClF3N7O2. The lowest BCUT2D eigenvalue weighted by atomic mass is 10.3. The summed E-state index contributed by atoms with van der Waals surface area (Å²) in [6.07, 6.45) is -2.16. The van der Waals surface area contributed by atoms with Crippen LogP contribution in [0.1, 0.15) is 11.9 Å². The lowest BCUT2D eigenvalue weighted by molar-refractivity contribution is -0.218. The van der Waals surface area contributed by atoms with Crippen LogP contribution in [-0.4, -0.2) is 54.7 Å². The summed E-state index contributed by atoms with van der Waals surface area (Å²) in [6, 6.07) is 1.65. The van der Waals surface area contributed by atoms with E-state index < -0.39 is 18.1 Å². The van der Waals surface area contributed by atoms with E-state index in [2.05, 4.69) is 29.9 Å². The van der Waals surface area contributed by atoms with Gasteiger partial charge in [-0.1, -0.05) is 11.6 Å². The summed E-state index contributed by atoms with van der Waals surface area (Å²) < 4.78 is 52.8. The van der Waals surface area contributed by atoms with Crippen molar-refractivity contribution in [3.05, 3.63) is 35.6 Å². The number of aromatic amines is 1. The van der Waals surface area contributed by atoms with Crippen molar-refractivity contribution in [1.82, 2.24) is 34.3 Å². The molecule has 1 atom stereocenters. The fourth-order valence-corrected chi connectivity index (χ4v) is 3.44. The first-order valence-corrected chi connectivity index (χ1v) is 8.87. The number of pyridine rings is 1. The number of nitrogens with one attached hydrogen (secondary N) is 1. The van der Waals surface area contributed by atoms with Crippen LogP contribution in [0.5, 0.6) is 5.88 Å². The Morgan fingerprint density at radius 3 is 2.60 bits per heavy atom. The summed E-state index contributed by atoms with van der Waals surface area (Å²) in [6.45, 7) is 0. The van der Waals surface area contributed by atoms with Gasteiger partial charge in [0.2, 0.25) is 12.0 Å². The molecule has 0 amide bonds. The van der Waals surface area contributed by atoms with E-state index in [1.807, 2.05) is 0 Å². The molecule has 0 fully saturated rings. The van der Waals surface area contributed by atoms with Gasteiger partial charge in [-0.25, -0.2) is 15.0 Å². The predicted molar refractivity (Wildman–Crippen MR) is 101 cm³/mol. The van der Waals surface area contributed by atoms with Crippen LogP contribution in [0.4, 0.5) is 13.2 Å². The van der Waals surface area contributed by atoms with Gasteiger partial charge in [-0.05, 0) is 6.07 Å². The average molecular weight is 442 g/mol. The molecule has 0 spiro atoms. The van der Waals surface area contributed by atoms with Gasteiger partial charge in [0.15, 0.2) is 11.6 Å². The normalized spacial score (nSPS) is 13.2. The SMILES string of the molecule is COc1nc2c(-n3ccnc3)c(-c3nc(C(OC)C(F)(F)F)n[nH]3)n(C)c2cc1Cl. The summed E-state index contributed by atoms with van der Waals surface area (Å²) in [4.78, 5) is 12.6. The van der Waals surface area contributed by atoms with Crippen molar-refractivity contribution in [2.45, 2.75) is 12.3 Å². The second-order valence-electron chi connectivity index (χ2n) is 6.27. The van der Waals surface area contributed by atoms with Crippen molar-refractivity contribution >= 4 is 22.6 Å². The van der Waals surface area contributed by atoms with Crippen molar-refractivity contribution in [2.75, 3.05) is 14.2 Å². The lowest BCUT2D eigenvalue weighted by Crippen LogP contribution is -2.23. The van der Waals surface area contributed by atoms with Crippen LogP contribution in [-0.2, 0) is 11.8 Å². The van der Waals surface area contributed by atoms with Crippen molar-refractivity contribution in [2.24, 2.45) is 7.05 Å².